The molecule has 0 saturated heterocycles. The second kappa shape index (κ2) is 44.1. The number of rotatable bonds is 44. The van der Waals surface area contributed by atoms with E-state index in [-0.39, 0.29) is 18.5 Å². The number of carbonyl (C=O) groups excluding carboxylic acids is 1. The minimum Gasteiger partial charge on any atom is -0.481 e. The van der Waals surface area contributed by atoms with Gasteiger partial charge in [0.05, 0.1) is 0 Å². The number of carboxylic acid groups (broad SMARTS) is 1. The summed E-state index contributed by atoms with van der Waals surface area (Å²) in [4.78, 5) is 23.7. The number of carbonyl (C=O) groups is 2. The van der Waals surface area contributed by atoms with Crippen LogP contribution in [0.25, 0.3) is 0 Å². The van der Waals surface area contributed by atoms with Crippen molar-refractivity contribution in [1.29, 1.82) is 0 Å². The van der Waals surface area contributed by atoms with E-state index in [9.17, 15) is 9.59 Å². The van der Waals surface area contributed by atoms with Crippen molar-refractivity contribution in [2.24, 2.45) is 0 Å². The van der Waals surface area contributed by atoms with Gasteiger partial charge in [0, 0.05) is 12.8 Å². The number of aliphatic carboxylic acids is 1. The fourth-order valence-corrected chi connectivity index (χ4v) is 7.47. The van der Waals surface area contributed by atoms with Crippen LogP contribution in [0.15, 0.2) is 12.2 Å². The molecule has 4 heteroatoms. The van der Waals surface area contributed by atoms with E-state index in [1.165, 1.54) is 212 Å². The molecule has 1 N–H and O–H groups in total. The molecule has 1 unspecified atom stereocenters. The fraction of sp³-hybridized carbons (Fsp3) is 0.917. The van der Waals surface area contributed by atoms with Gasteiger partial charge in [0.1, 0.15) is 6.10 Å². The minimum absolute atomic E-state index is 0.0771. The Morgan fingerprint density at radius 1 is 0.404 bits per heavy atom. The summed E-state index contributed by atoms with van der Waals surface area (Å²) in [5.41, 5.74) is 0. The van der Waals surface area contributed by atoms with E-state index < -0.39 is 5.97 Å². The van der Waals surface area contributed by atoms with E-state index in [4.69, 9.17) is 9.84 Å². The van der Waals surface area contributed by atoms with Crippen LogP contribution in [0.1, 0.15) is 277 Å². The maximum Gasteiger partial charge on any atom is 0.306 e. The van der Waals surface area contributed by atoms with Gasteiger partial charge in [0.25, 0.3) is 0 Å². The van der Waals surface area contributed by atoms with E-state index in [0.29, 0.717) is 12.8 Å². The van der Waals surface area contributed by atoms with Crippen LogP contribution in [-0.2, 0) is 14.3 Å². The van der Waals surface area contributed by atoms with Gasteiger partial charge in [-0.05, 0) is 51.4 Å². The molecule has 0 heterocycles. The lowest BCUT2D eigenvalue weighted by Gasteiger charge is -2.17. The molecule has 0 aromatic rings. The van der Waals surface area contributed by atoms with Gasteiger partial charge < -0.3 is 9.84 Å². The standard InChI is InChI=1S/C48H92O4/c1-3-5-7-9-11-13-15-17-19-21-23-24-25-27-29-31-33-35-37-39-41-43-48(51)52-46(44-45-47(49)50)42-40-38-36-34-32-30-28-26-22-20-18-16-14-12-10-8-6-4-2/h17,19,46H,3-16,18,20-45H2,1-2H3,(H,49,50)/b19-17-. The Bertz CT molecular complexity index is 747. The summed E-state index contributed by atoms with van der Waals surface area (Å²) in [6.45, 7) is 4.57. The normalized spacial score (nSPS) is 12.2. The molecule has 1 atom stereocenters. The molecule has 0 fully saturated rings. The zero-order valence-electron chi connectivity index (χ0n) is 35.4. The third-order valence-electron chi connectivity index (χ3n) is 11.0. The van der Waals surface area contributed by atoms with Gasteiger partial charge in [-0.3, -0.25) is 9.59 Å². The predicted octanol–water partition coefficient (Wildman–Crippen LogP) is 16.6. The van der Waals surface area contributed by atoms with Gasteiger partial charge in [0.2, 0.25) is 0 Å². The molecule has 4 nitrogen and oxygen atoms in total. The highest BCUT2D eigenvalue weighted by molar-refractivity contribution is 5.69. The van der Waals surface area contributed by atoms with E-state index in [1.54, 1.807) is 0 Å². The predicted molar refractivity (Wildman–Crippen MR) is 227 cm³/mol. The summed E-state index contributed by atoms with van der Waals surface area (Å²) >= 11 is 0. The zero-order valence-corrected chi connectivity index (χ0v) is 35.4. The van der Waals surface area contributed by atoms with Crippen LogP contribution in [0.3, 0.4) is 0 Å². The molecule has 308 valence electrons. The molecule has 0 saturated carbocycles. The molecule has 0 rings (SSSR count). The van der Waals surface area contributed by atoms with Gasteiger partial charge in [-0.1, -0.05) is 225 Å². The summed E-state index contributed by atoms with van der Waals surface area (Å²) in [5.74, 6) is -0.938. The van der Waals surface area contributed by atoms with Gasteiger partial charge in [-0.2, -0.15) is 0 Å². The largest absolute Gasteiger partial charge is 0.481 e. The van der Waals surface area contributed by atoms with E-state index in [0.717, 1.165) is 32.1 Å². The number of hydrogen-bond donors (Lipinski definition) is 1. The average molecular weight is 733 g/mol. The van der Waals surface area contributed by atoms with Crippen molar-refractivity contribution >= 4 is 11.9 Å². The van der Waals surface area contributed by atoms with Crippen molar-refractivity contribution in [2.45, 2.75) is 283 Å². The van der Waals surface area contributed by atoms with Crippen molar-refractivity contribution in [1.82, 2.24) is 0 Å². The van der Waals surface area contributed by atoms with Crippen molar-refractivity contribution in [2.75, 3.05) is 0 Å². The van der Waals surface area contributed by atoms with Gasteiger partial charge in [0.15, 0.2) is 0 Å². The third kappa shape index (κ3) is 43.1. The first-order valence-electron chi connectivity index (χ1n) is 23.7. The smallest absolute Gasteiger partial charge is 0.306 e. The second-order valence-electron chi connectivity index (χ2n) is 16.3. The van der Waals surface area contributed by atoms with Crippen molar-refractivity contribution in [3.05, 3.63) is 12.2 Å². The number of allylic oxidation sites excluding steroid dienone is 2. The Morgan fingerprint density at radius 2 is 0.712 bits per heavy atom. The first-order valence-corrected chi connectivity index (χ1v) is 23.7. The maximum atomic E-state index is 12.5. The lowest BCUT2D eigenvalue weighted by Crippen LogP contribution is -2.19. The van der Waals surface area contributed by atoms with Crippen LogP contribution < -0.4 is 0 Å². The highest BCUT2D eigenvalue weighted by Gasteiger charge is 2.16. The summed E-state index contributed by atoms with van der Waals surface area (Å²) in [6.07, 6.45) is 55.4. The molecular weight excluding hydrogens is 641 g/mol. The quantitative estimate of drug-likeness (QED) is 0.0385. The first-order chi connectivity index (χ1) is 25.6. The molecule has 0 aromatic heterocycles. The monoisotopic (exact) mass is 733 g/mol. The summed E-state index contributed by atoms with van der Waals surface area (Å²) in [7, 11) is 0. The number of unbranched alkanes of at least 4 members (excludes halogenated alkanes) is 34. The van der Waals surface area contributed by atoms with Crippen LogP contribution in [0.2, 0.25) is 0 Å². The Labute approximate surface area is 325 Å². The number of esters is 1. The average Bonchev–Trinajstić information content (AvgIpc) is 3.13. The minimum atomic E-state index is -0.805. The molecule has 0 aromatic carbocycles. The summed E-state index contributed by atoms with van der Waals surface area (Å²) in [5, 5.41) is 9.17. The molecular formula is C48H92O4. The molecule has 0 aliphatic carbocycles. The third-order valence-corrected chi connectivity index (χ3v) is 11.0. The van der Waals surface area contributed by atoms with Gasteiger partial charge >= 0.3 is 11.9 Å². The van der Waals surface area contributed by atoms with E-state index in [1.807, 2.05) is 0 Å². The highest BCUT2D eigenvalue weighted by atomic mass is 16.5. The molecule has 0 radical (unpaired) electrons. The number of carboxylic acids is 1. The van der Waals surface area contributed by atoms with Crippen molar-refractivity contribution in [3.8, 4) is 0 Å². The summed E-state index contributed by atoms with van der Waals surface area (Å²) in [6, 6.07) is 0. The Morgan fingerprint density at radius 3 is 1.06 bits per heavy atom. The highest BCUT2D eigenvalue weighted by Crippen LogP contribution is 2.18. The molecule has 0 bridgehead atoms. The second-order valence-corrected chi connectivity index (χ2v) is 16.3. The van der Waals surface area contributed by atoms with Crippen LogP contribution in [-0.4, -0.2) is 23.1 Å². The summed E-state index contributed by atoms with van der Waals surface area (Å²) < 4.78 is 5.77. The van der Waals surface area contributed by atoms with Crippen LogP contribution in [0.5, 0.6) is 0 Å². The van der Waals surface area contributed by atoms with Gasteiger partial charge in [-0.15, -0.1) is 0 Å². The Balaban J connectivity index is 3.63. The molecule has 0 aliphatic heterocycles. The van der Waals surface area contributed by atoms with Crippen LogP contribution in [0, 0.1) is 0 Å². The van der Waals surface area contributed by atoms with Crippen LogP contribution >= 0.6 is 0 Å². The number of hydrogen-bond acceptors (Lipinski definition) is 3. The molecule has 0 aliphatic rings. The van der Waals surface area contributed by atoms with Crippen molar-refractivity contribution < 1.29 is 19.4 Å². The lowest BCUT2D eigenvalue weighted by molar-refractivity contribution is -0.151. The first kappa shape index (κ1) is 50.7. The SMILES string of the molecule is CCCCCCCC/C=C\CCCCCCCCCCCCCC(=O)OC(CCCCCCCCCCCCCCCCCCCC)CCC(=O)O. The molecule has 52 heavy (non-hydrogen) atoms. The Hall–Kier alpha value is -1.32. The maximum absolute atomic E-state index is 12.5. The lowest BCUT2D eigenvalue weighted by atomic mass is 10.0. The van der Waals surface area contributed by atoms with E-state index in [2.05, 4.69) is 26.0 Å². The zero-order chi connectivity index (χ0) is 37.8. The van der Waals surface area contributed by atoms with Crippen molar-refractivity contribution in [3.63, 3.8) is 0 Å². The van der Waals surface area contributed by atoms with Gasteiger partial charge in [-0.25, -0.2) is 0 Å². The molecule has 0 spiro atoms. The fourth-order valence-electron chi connectivity index (χ4n) is 7.47. The van der Waals surface area contributed by atoms with Crippen LogP contribution in [0.4, 0.5) is 0 Å². The number of ether oxygens (including phenoxy) is 1. The molecule has 0 amide bonds. The Kier molecular flexibility index (Phi) is 43.0. The topological polar surface area (TPSA) is 63.6 Å². The van der Waals surface area contributed by atoms with E-state index >= 15 is 0 Å².